The van der Waals surface area contributed by atoms with Crippen LogP contribution in [0.15, 0.2) is 18.5 Å². The van der Waals surface area contributed by atoms with Crippen LogP contribution in [0.2, 0.25) is 0 Å². The molecule has 0 atom stereocenters. The summed E-state index contributed by atoms with van der Waals surface area (Å²) in [6.07, 6.45) is 19.0. The Morgan fingerprint density at radius 1 is 1.17 bits per heavy atom. The van der Waals surface area contributed by atoms with E-state index in [1.165, 1.54) is 44.9 Å². The zero-order valence-corrected chi connectivity index (χ0v) is 18.3. The number of hydrogen-bond donors (Lipinski definition) is 2. The van der Waals surface area contributed by atoms with Crippen molar-refractivity contribution in [3.8, 4) is 0 Å². The van der Waals surface area contributed by atoms with E-state index >= 15 is 0 Å². The average Bonchev–Trinajstić information content (AvgIpc) is 3.22. The van der Waals surface area contributed by atoms with E-state index in [-0.39, 0.29) is 5.91 Å². The highest BCUT2D eigenvalue weighted by atomic mass is 16.2. The highest BCUT2D eigenvalue weighted by Crippen LogP contribution is 2.39. The molecule has 2 aromatic heterocycles. The SMILES string of the molecule is C1CCCC1.CC/C=C(/NCC(=O)N1CCCC1)c1c[nH]c2ncc(C3CC3)nc12. The predicted octanol–water partition coefficient (Wildman–Crippen LogP) is 4.75. The van der Waals surface area contributed by atoms with Crippen LogP contribution in [0.4, 0.5) is 0 Å². The lowest BCUT2D eigenvalue weighted by molar-refractivity contribution is -0.128. The summed E-state index contributed by atoms with van der Waals surface area (Å²) in [5, 5.41) is 3.34. The first-order valence-corrected chi connectivity index (χ1v) is 11.8. The highest BCUT2D eigenvalue weighted by molar-refractivity contribution is 5.88. The molecular formula is C24H35N5O. The van der Waals surface area contributed by atoms with Crippen molar-refractivity contribution in [1.29, 1.82) is 0 Å². The van der Waals surface area contributed by atoms with E-state index in [0.717, 1.165) is 60.5 Å². The zero-order valence-electron chi connectivity index (χ0n) is 18.3. The number of H-pyrrole nitrogens is 1. The second-order valence-corrected chi connectivity index (χ2v) is 8.70. The van der Waals surface area contributed by atoms with Gasteiger partial charge in [0.15, 0.2) is 5.65 Å². The zero-order chi connectivity index (χ0) is 20.8. The number of nitrogens with one attached hydrogen (secondary N) is 2. The van der Waals surface area contributed by atoms with Gasteiger partial charge in [0.25, 0.3) is 0 Å². The van der Waals surface area contributed by atoms with Gasteiger partial charge in [-0.05, 0) is 32.1 Å². The summed E-state index contributed by atoms with van der Waals surface area (Å²) in [6.45, 7) is 4.20. The highest BCUT2D eigenvalue weighted by Gasteiger charge is 2.26. The van der Waals surface area contributed by atoms with Crippen molar-refractivity contribution in [2.45, 2.75) is 77.0 Å². The summed E-state index contributed by atoms with van der Waals surface area (Å²) >= 11 is 0. The number of amides is 1. The minimum absolute atomic E-state index is 0.170. The Morgan fingerprint density at radius 2 is 1.87 bits per heavy atom. The number of fused-ring (bicyclic) bond motifs is 1. The molecule has 2 N–H and O–H groups in total. The van der Waals surface area contributed by atoms with Crippen molar-refractivity contribution in [2.75, 3.05) is 19.6 Å². The van der Waals surface area contributed by atoms with Gasteiger partial charge in [0.1, 0.15) is 5.52 Å². The lowest BCUT2D eigenvalue weighted by Crippen LogP contribution is -2.35. The van der Waals surface area contributed by atoms with E-state index in [2.05, 4.69) is 28.3 Å². The minimum Gasteiger partial charge on any atom is -0.376 e. The lowest BCUT2D eigenvalue weighted by Gasteiger charge is -2.17. The van der Waals surface area contributed by atoms with Crippen LogP contribution in [0, 0.1) is 0 Å². The van der Waals surface area contributed by atoms with Gasteiger partial charge < -0.3 is 15.2 Å². The fraction of sp³-hybridized carbons (Fsp3) is 0.625. The Kier molecular flexibility index (Phi) is 7.03. The van der Waals surface area contributed by atoms with Crippen LogP contribution in [0.5, 0.6) is 0 Å². The summed E-state index contributed by atoms with van der Waals surface area (Å²) in [7, 11) is 0. The maximum absolute atomic E-state index is 12.3. The monoisotopic (exact) mass is 409 g/mol. The van der Waals surface area contributed by atoms with Crippen LogP contribution in [0.3, 0.4) is 0 Å². The first-order chi connectivity index (χ1) is 14.8. The van der Waals surface area contributed by atoms with Crippen LogP contribution >= 0.6 is 0 Å². The first-order valence-electron chi connectivity index (χ1n) is 11.8. The van der Waals surface area contributed by atoms with Crippen molar-refractivity contribution in [1.82, 2.24) is 25.2 Å². The third-order valence-corrected chi connectivity index (χ3v) is 6.23. The van der Waals surface area contributed by atoms with Gasteiger partial charge in [-0.3, -0.25) is 4.79 Å². The number of aromatic amines is 1. The molecule has 5 rings (SSSR count). The molecule has 2 aromatic rings. The summed E-state index contributed by atoms with van der Waals surface area (Å²) in [5.41, 5.74) is 4.74. The van der Waals surface area contributed by atoms with Crippen LogP contribution in [0.1, 0.15) is 88.3 Å². The van der Waals surface area contributed by atoms with E-state index in [0.29, 0.717) is 12.5 Å². The molecule has 0 radical (unpaired) electrons. The van der Waals surface area contributed by atoms with Gasteiger partial charge in [0, 0.05) is 36.5 Å². The molecule has 6 nitrogen and oxygen atoms in total. The topological polar surface area (TPSA) is 73.9 Å². The molecule has 162 valence electrons. The quantitative estimate of drug-likeness (QED) is 0.722. The lowest BCUT2D eigenvalue weighted by atomic mass is 10.2. The molecule has 6 heteroatoms. The van der Waals surface area contributed by atoms with Gasteiger partial charge in [-0.2, -0.15) is 0 Å². The Morgan fingerprint density at radius 3 is 2.50 bits per heavy atom. The molecule has 1 amide bonds. The Balaban J connectivity index is 0.000000383. The molecule has 1 aliphatic heterocycles. The Hall–Kier alpha value is -2.37. The summed E-state index contributed by atoms with van der Waals surface area (Å²) in [5.74, 6) is 0.743. The fourth-order valence-electron chi connectivity index (χ4n) is 4.30. The number of likely N-dealkylation sites (tertiary alicyclic amines) is 1. The van der Waals surface area contributed by atoms with E-state index in [9.17, 15) is 4.79 Å². The molecule has 3 aliphatic rings. The van der Waals surface area contributed by atoms with Gasteiger partial charge in [-0.1, -0.05) is 45.1 Å². The molecule has 3 heterocycles. The number of carbonyl (C=O) groups excluding carboxylic acids is 1. The largest absolute Gasteiger partial charge is 0.376 e. The number of hydrogen-bond acceptors (Lipinski definition) is 4. The third kappa shape index (κ3) is 5.21. The van der Waals surface area contributed by atoms with Gasteiger partial charge >= 0.3 is 0 Å². The smallest absolute Gasteiger partial charge is 0.241 e. The predicted molar refractivity (Wildman–Crippen MR) is 121 cm³/mol. The van der Waals surface area contributed by atoms with E-state index in [1.807, 2.05) is 17.3 Å². The molecule has 0 spiro atoms. The van der Waals surface area contributed by atoms with Crippen molar-refractivity contribution in [3.05, 3.63) is 29.7 Å². The Bertz CT molecular complexity index is 865. The van der Waals surface area contributed by atoms with Gasteiger partial charge in [-0.15, -0.1) is 0 Å². The number of carbonyl (C=O) groups is 1. The fourth-order valence-corrected chi connectivity index (χ4v) is 4.30. The van der Waals surface area contributed by atoms with E-state index < -0.39 is 0 Å². The number of rotatable bonds is 6. The van der Waals surface area contributed by atoms with Crippen LogP contribution < -0.4 is 5.32 Å². The first kappa shape index (κ1) is 20.9. The van der Waals surface area contributed by atoms with Crippen LogP contribution in [-0.4, -0.2) is 45.4 Å². The van der Waals surface area contributed by atoms with Gasteiger partial charge in [0.2, 0.25) is 5.91 Å². The molecule has 30 heavy (non-hydrogen) atoms. The van der Waals surface area contributed by atoms with Crippen molar-refractivity contribution in [3.63, 3.8) is 0 Å². The number of allylic oxidation sites excluding steroid dienone is 1. The van der Waals surface area contributed by atoms with Gasteiger partial charge in [0.05, 0.1) is 18.4 Å². The third-order valence-electron chi connectivity index (χ3n) is 6.23. The van der Waals surface area contributed by atoms with Crippen molar-refractivity contribution >= 4 is 22.8 Å². The summed E-state index contributed by atoms with van der Waals surface area (Å²) in [6, 6.07) is 0. The number of nitrogens with zero attached hydrogens (tertiary/aromatic N) is 3. The minimum atomic E-state index is 0.170. The molecular weight excluding hydrogens is 374 g/mol. The second-order valence-electron chi connectivity index (χ2n) is 8.70. The Labute approximate surface area is 179 Å². The molecule has 0 bridgehead atoms. The normalized spacial score (nSPS) is 19.1. The maximum Gasteiger partial charge on any atom is 0.241 e. The standard InChI is InChI=1S/C19H25N5O.C5H10/c1-2-5-15(20-12-17(25)24-8-3-4-9-24)14-10-21-19-18(14)23-16(11-22-19)13-6-7-13;1-2-4-5-3-1/h5,10-11,13,20H,2-4,6-9,12H2,1H3,(H,21,22);1-5H2/b15-5+;. The van der Waals surface area contributed by atoms with E-state index in [1.54, 1.807) is 0 Å². The number of aromatic nitrogens is 3. The van der Waals surface area contributed by atoms with Crippen molar-refractivity contribution < 1.29 is 4.79 Å². The van der Waals surface area contributed by atoms with Crippen molar-refractivity contribution in [2.24, 2.45) is 0 Å². The molecule has 1 saturated heterocycles. The van der Waals surface area contributed by atoms with Gasteiger partial charge in [-0.25, -0.2) is 9.97 Å². The molecule has 0 unspecified atom stereocenters. The van der Waals surface area contributed by atoms with E-state index in [4.69, 9.17) is 4.98 Å². The molecule has 2 saturated carbocycles. The summed E-state index contributed by atoms with van der Waals surface area (Å²) in [4.78, 5) is 26.8. The summed E-state index contributed by atoms with van der Waals surface area (Å²) < 4.78 is 0. The molecule has 3 fully saturated rings. The maximum atomic E-state index is 12.3. The molecule has 0 aromatic carbocycles. The molecule has 2 aliphatic carbocycles. The second kappa shape index (κ2) is 10.1. The average molecular weight is 410 g/mol. The van der Waals surface area contributed by atoms with Crippen LogP contribution in [0.25, 0.3) is 16.9 Å². The van der Waals surface area contributed by atoms with Crippen LogP contribution in [-0.2, 0) is 4.79 Å².